The highest BCUT2D eigenvalue weighted by atomic mass is 32.1. The van der Waals surface area contributed by atoms with Gasteiger partial charge in [-0.3, -0.25) is 4.79 Å². The quantitative estimate of drug-likeness (QED) is 0.474. The molecule has 1 aliphatic rings. The van der Waals surface area contributed by atoms with Crippen molar-refractivity contribution < 1.29 is 14.3 Å². The van der Waals surface area contributed by atoms with Gasteiger partial charge in [0.25, 0.3) is 0 Å². The molecule has 0 amide bonds. The molecule has 0 bridgehead atoms. The minimum atomic E-state index is -0.402. The largest absolute Gasteiger partial charge is 0.497 e. The molecule has 1 aromatic carbocycles. The summed E-state index contributed by atoms with van der Waals surface area (Å²) in [6, 6.07) is 7.82. The minimum Gasteiger partial charge on any atom is -0.497 e. The number of thiocarbonyl (C=S) groups is 1. The Hall–Kier alpha value is -1.88. The third-order valence-corrected chi connectivity index (χ3v) is 4.24. The van der Waals surface area contributed by atoms with Gasteiger partial charge in [-0.2, -0.15) is 0 Å². The molecule has 2 unspecified atom stereocenters. The van der Waals surface area contributed by atoms with Crippen molar-refractivity contribution in [1.82, 2.24) is 4.90 Å². The Balaban J connectivity index is 2.11. The van der Waals surface area contributed by atoms with Crippen molar-refractivity contribution in [3.05, 3.63) is 42.5 Å². The van der Waals surface area contributed by atoms with Gasteiger partial charge in [0.15, 0.2) is 0 Å². The van der Waals surface area contributed by atoms with Crippen LogP contribution in [0.4, 0.5) is 0 Å². The lowest BCUT2D eigenvalue weighted by Crippen LogP contribution is -2.29. The number of carbonyl (C=O) groups is 1. The maximum Gasteiger partial charge on any atom is 0.316 e. The second-order valence-electron chi connectivity index (χ2n) is 4.97. The van der Waals surface area contributed by atoms with Crippen LogP contribution in [0.1, 0.15) is 5.56 Å². The highest BCUT2D eigenvalue weighted by Crippen LogP contribution is 2.29. The predicted molar refractivity (Wildman–Crippen MR) is 85.2 cm³/mol. The number of rotatable bonds is 5. The summed E-state index contributed by atoms with van der Waals surface area (Å²) in [7, 11) is 3.03. The van der Waals surface area contributed by atoms with Crippen LogP contribution >= 0.6 is 12.2 Å². The Kier molecular flexibility index (Phi) is 4.96. The van der Waals surface area contributed by atoms with E-state index in [2.05, 4.69) is 6.58 Å². The lowest BCUT2D eigenvalue weighted by atomic mass is 9.96. The summed E-state index contributed by atoms with van der Waals surface area (Å²) in [5.41, 5.74) is 1.12. The highest BCUT2D eigenvalue weighted by molar-refractivity contribution is 7.80. The molecule has 2 atom stereocenters. The first-order valence-electron chi connectivity index (χ1n) is 6.72. The summed E-state index contributed by atoms with van der Waals surface area (Å²) in [6.45, 7) is 5.15. The van der Waals surface area contributed by atoms with E-state index in [1.807, 2.05) is 29.2 Å². The number of hydrogen-bond donors (Lipinski definition) is 0. The molecule has 21 heavy (non-hydrogen) atoms. The Morgan fingerprint density at radius 1 is 1.43 bits per heavy atom. The molecule has 112 valence electrons. The van der Waals surface area contributed by atoms with Gasteiger partial charge in [-0.1, -0.05) is 30.4 Å². The molecule has 0 spiro atoms. The molecular weight excluding hydrogens is 286 g/mol. The van der Waals surface area contributed by atoms with Gasteiger partial charge in [0, 0.05) is 19.0 Å². The number of hydrogen-bond acceptors (Lipinski definition) is 4. The van der Waals surface area contributed by atoms with Crippen LogP contribution in [-0.2, 0) is 16.1 Å². The van der Waals surface area contributed by atoms with E-state index in [-0.39, 0.29) is 11.9 Å². The van der Waals surface area contributed by atoms with Gasteiger partial charge in [-0.05, 0) is 17.7 Å². The first-order valence-corrected chi connectivity index (χ1v) is 7.13. The maximum absolute atomic E-state index is 11.9. The van der Waals surface area contributed by atoms with E-state index in [0.717, 1.165) is 11.3 Å². The maximum atomic E-state index is 11.9. The average molecular weight is 305 g/mol. The van der Waals surface area contributed by atoms with Gasteiger partial charge in [-0.25, -0.2) is 0 Å². The topological polar surface area (TPSA) is 38.8 Å². The smallest absolute Gasteiger partial charge is 0.316 e. The van der Waals surface area contributed by atoms with Crippen LogP contribution in [0.25, 0.3) is 0 Å². The molecule has 0 saturated carbocycles. The fourth-order valence-electron chi connectivity index (χ4n) is 2.54. The summed E-state index contributed by atoms with van der Waals surface area (Å²) in [4.78, 5) is 14.5. The van der Waals surface area contributed by atoms with E-state index in [1.54, 1.807) is 13.2 Å². The number of likely N-dealkylation sites (tertiary alicyclic amines) is 1. The van der Waals surface area contributed by atoms with Crippen molar-refractivity contribution in [2.45, 2.75) is 6.54 Å². The second-order valence-corrected chi connectivity index (χ2v) is 5.39. The first kappa shape index (κ1) is 15.5. The Morgan fingerprint density at radius 2 is 2.10 bits per heavy atom. The second kappa shape index (κ2) is 6.72. The fraction of sp³-hybridized carbons (Fsp3) is 0.375. The monoisotopic (exact) mass is 305 g/mol. The average Bonchev–Trinajstić information content (AvgIpc) is 2.83. The van der Waals surface area contributed by atoms with Crippen LogP contribution in [0.3, 0.4) is 0 Å². The van der Waals surface area contributed by atoms with Gasteiger partial charge < -0.3 is 14.4 Å². The third-order valence-electron chi connectivity index (χ3n) is 3.73. The van der Waals surface area contributed by atoms with Crippen LogP contribution in [-0.4, -0.2) is 36.6 Å². The van der Waals surface area contributed by atoms with Crippen LogP contribution in [0.15, 0.2) is 36.9 Å². The number of ether oxygens (including phenoxy) is 2. The lowest BCUT2D eigenvalue weighted by molar-refractivity contribution is -0.143. The minimum absolute atomic E-state index is 0.00296. The Bertz CT molecular complexity index is 541. The molecule has 1 aromatic rings. The van der Waals surface area contributed by atoms with Gasteiger partial charge in [0.2, 0.25) is 0 Å². The van der Waals surface area contributed by atoms with Gasteiger partial charge in [0.05, 0.1) is 19.2 Å². The van der Waals surface area contributed by atoms with E-state index in [9.17, 15) is 4.79 Å². The molecule has 1 fully saturated rings. The summed E-state index contributed by atoms with van der Waals surface area (Å²) >= 11 is 5.45. The number of esters is 1. The molecule has 1 aliphatic heterocycles. The Labute approximate surface area is 130 Å². The Morgan fingerprint density at radius 3 is 2.62 bits per heavy atom. The van der Waals surface area contributed by atoms with Crippen molar-refractivity contribution in [3.63, 3.8) is 0 Å². The number of carbonyl (C=O) groups excluding carboxylic acids is 1. The van der Waals surface area contributed by atoms with Gasteiger partial charge in [0.1, 0.15) is 11.7 Å². The van der Waals surface area contributed by atoms with E-state index in [1.165, 1.54) is 7.11 Å². The first-order chi connectivity index (χ1) is 10.1. The van der Waals surface area contributed by atoms with E-state index >= 15 is 0 Å². The SMILES string of the molecule is C=CC1CN(Cc2ccc(OC)cc2)C(=S)C1C(=O)OC. The van der Waals surface area contributed by atoms with Crippen LogP contribution in [0, 0.1) is 11.8 Å². The van der Waals surface area contributed by atoms with Crippen molar-refractivity contribution >= 4 is 23.2 Å². The molecule has 1 saturated heterocycles. The zero-order valence-electron chi connectivity index (χ0n) is 12.2. The molecule has 2 rings (SSSR count). The van der Waals surface area contributed by atoms with Crippen LogP contribution in [0.5, 0.6) is 5.75 Å². The molecule has 0 aromatic heterocycles. The summed E-state index contributed by atoms with van der Waals surface area (Å²) < 4.78 is 9.99. The summed E-state index contributed by atoms with van der Waals surface area (Å²) in [5.74, 6) is 0.130. The fourth-order valence-corrected chi connectivity index (χ4v) is 2.95. The van der Waals surface area contributed by atoms with Crippen molar-refractivity contribution in [3.8, 4) is 5.75 Å². The van der Waals surface area contributed by atoms with Crippen molar-refractivity contribution in [2.75, 3.05) is 20.8 Å². The van der Waals surface area contributed by atoms with Gasteiger partial charge in [-0.15, -0.1) is 6.58 Å². The molecule has 1 heterocycles. The molecule has 5 heteroatoms. The molecule has 4 nitrogen and oxygen atoms in total. The van der Waals surface area contributed by atoms with Gasteiger partial charge >= 0.3 is 5.97 Å². The zero-order valence-corrected chi connectivity index (χ0v) is 13.1. The van der Waals surface area contributed by atoms with E-state index < -0.39 is 5.92 Å². The van der Waals surface area contributed by atoms with Crippen LogP contribution in [0.2, 0.25) is 0 Å². The zero-order chi connectivity index (χ0) is 15.4. The lowest BCUT2D eigenvalue weighted by Gasteiger charge is -2.19. The standard InChI is InChI=1S/C16H19NO3S/c1-4-12-10-17(15(21)14(12)16(18)20-3)9-11-5-7-13(19-2)8-6-11/h4-8,12,14H,1,9-10H2,2-3H3. The molecule has 0 N–H and O–H groups in total. The molecule has 0 radical (unpaired) electrons. The predicted octanol–water partition coefficient (Wildman–Crippen LogP) is 2.43. The third kappa shape index (κ3) is 3.24. The van der Waals surface area contributed by atoms with E-state index in [4.69, 9.17) is 21.7 Å². The normalized spacial score (nSPS) is 21.2. The van der Waals surface area contributed by atoms with Crippen LogP contribution < -0.4 is 4.74 Å². The molecular formula is C16H19NO3S. The van der Waals surface area contributed by atoms with Crippen molar-refractivity contribution in [2.24, 2.45) is 11.8 Å². The number of methoxy groups -OCH3 is 2. The summed E-state index contributed by atoms with van der Waals surface area (Å²) in [6.07, 6.45) is 1.78. The van der Waals surface area contributed by atoms with E-state index in [0.29, 0.717) is 18.1 Å². The highest BCUT2D eigenvalue weighted by Gasteiger charge is 2.41. The van der Waals surface area contributed by atoms with Crippen molar-refractivity contribution in [1.29, 1.82) is 0 Å². The summed E-state index contributed by atoms with van der Waals surface area (Å²) in [5, 5.41) is 0. The number of benzene rings is 1. The number of nitrogens with zero attached hydrogens (tertiary/aromatic N) is 1. The molecule has 0 aliphatic carbocycles.